The molecule has 9 nitrogen and oxygen atoms in total. The molecule has 1 fully saturated rings. The smallest absolute Gasteiger partial charge is 0.290 e. The van der Waals surface area contributed by atoms with Crippen molar-refractivity contribution >= 4 is 12.9 Å². The van der Waals surface area contributed by atoms with Crippen LogP contribution in [-0.4, -0.2) is 63.9 Å². The number of ether oxygens (including phenoxy) is 2. The van der Waals surface area contributed by atoms with Gasteiger partial charge >= 0.3 is 0 Å². The molecule has 35 heavy (non-hydrogen) atoms. The van der Waals surface area contributed by atoms with Crippen molar-refractivity contribution in [2.75, 3.05) is 26.3 Å². The van der Waals surface area contributed by atoms with Gasteiger partial charge in [0, 0.05) is 44.1 Å². The fourth-order valence-corrected chi connectivity index (χ4v) is 3.73. The number of imidazole rings is 1. The minimum Gasteiger partial charge on any atom is -0.493 e. The zero-order valence-electron chi connectivity index (χ0n) is 19.7. The second-order valence-electron chi connectivity index (χ2n) is 7.68. The normalized spacial score (nSPS) is 15.0. The first-order chi connectivity index (χ1) is 17.2. The fraction of sp³-hybridized carbons (Fsp3) is 0.346. The Kier molecular flexibility index (Phi) is 13.3. The third kappa shape index (κ3) is 10.4. The van der Waals surface area contributed by atoms with Gasteiger partial charge in [-0.1, -0.05) is 48.5 Å². The molecule has 0 radical (unpaired) electrons. The van der Waals surface area contributed by atoms with Gasteiger partial charge in [0.05, 0.1) is 25.6 Å². The van der Waals surface area contributed by atoms with E-state index >= 15 is 0 Å². The molecule has 0 saturated carbocycles. The van der Waals surface area contributed by atoms with E-state index in [-0.39, 0.29) is 19.0 Å². The zero-order chi connectivity index (χ0) is 25.1. The van der Waals surface area contributed by atoms with Crippen molar-refractivity contribution in [1.29, 1.82) is 0 Å². The summed E-state index contributed by atoms with van der Waals surface area (Å²) in [6.07, 6.45) is 7.94. The lowest BCUT2D eigenvalue weighted by Gasteiger charge is -2.33. The van der Waals surface area contributed by atoms with Crippen LogP contribution in [0.2, 0.25) is 0 Å². The number of aryl methyl sites for hydroxylation is 1. The minimum absolute atomic E-state index is 0.140. The highest BCUT2D eigenvalue weighted by molar-refractivity contribution is 5.33. The summed E-state index contributed by atoms with van der Waals surface area (Å²) in [5.41, 5.74) is 2.50. The highest BCUT2D eigenvalue weighted by Crippen LogP contribution is 2.26. The van der Waals surface area contributed by atoms with E-state index in [9.17, 15) is 0 Å². The van der Waals surface area contributed by atoms with Gasteiger partial charge in [-0.2, -0.15) is 0 Å². The lowest BCUT2D eigenvalue weighted by atomic mass is 10.1. The molecule has 1 atom stereocenters. The van der Waals surface area contributed by atoms with E-state index in [0.29, 0.717) is 0 Å². The number of carboxylic acid groups (broad SMARTS) is 2. The number of unbranched alkanes of at least 4 members (excludes halogenated alkanes) is 1. The maximum absolute atomic E-state index is 8.36. The third-order valence-corrected chi connectivity index (χ3v) is 5.32. The molecule has 1 aliphatic heterocycles. The van der Waals surface area contributed by atoms with Crippen molar-refractivity contribution in [1.82, 2.24) is 14.5 Å². The van der Waals surface area contributed by atoms with Crippen molar-refractivity contribution < 1.29 is 29.3 Å². The van der Waals surface area contributed by atoms with Gasteiger partial charge in [-0.25, -0.2) is 4.98 Å². The Labute approximate surface area is 205 Å². The number of hydrogen-bond donors (Lipinski definition) is 2. The molecule has 1 unspecified atom stereocenters. The van der Waals surface area contributed by atoms with Gasteiger partial charge < -0.3 is 24.3 Å². The molecule has 4 rings (SSSR count). The average Bonchev–Trinajstić information content (AvgIpc) is 3.40. The first-order valence-corrected chi connectivity index (χ1v) is 11.4. The second kappa shape index (κ2) is 16.9. The molecule has 1 aromatic heterocycles. The number of benzene rings is 2. The predicted octanol–water partition coefficient (Wildman–Crippen LogP) is 3.72. The van der Waals surface area contributed by atoms with Crippen LogP contribution in [0.4, 0.5) is 0 Å². The summed E-state index contributed by atoms with van der Waals surface area (Å²) < 4.78 is 14.2. The number of hydrogen-bond acceptors (Lipinski definition) is 6. The van der Waals surface area contributed by atoms with Crippen LogP contribution in [-0.2, 0) is 27.4 Å². The van der Waals surface area contributed by atoms with Crippen LogP contribution in [0.5, 0.6) is 5.75 Å². The van der Waals surface area contributed by atoms with Crippen LogP contribution in [0.3, 0.4) is 0 Å². The maximum Gasteiger partial charge on any atom is 0.290 e. The van der Waals surface area contributed by atoms with Crippen molar-refractivity contribution in [3.8, 4) is 5.75 Å². The van der Waals surface area contributed by atoms with Crippen LogP contribution >= 0.6 is 0 Å². The summed E-state index contributed by atoms with van der Waals surface area (Å²) in [4.78, 5) is 23.3. The van der Waals surface area contributed by atoms with Crippen molar-refractivity contribution in [3.63, 3.8) is 0 Å². The molecule has 0 aliphatic carbocycles. The standard InChI is InChI=1S/C24H29N3O2.2CH2O2/c1-2-8-21(9-3-1)24-19-27(15-17-29-24)18-22-10-4-5-11-23(22)28-16-7-6-13-26-14-12-25-20-26;2*2-1-3/h1-5,8-12,14,20,24H,6-7,13,15-19H2;2*1H,(H,2,3). The molecular formula is C26H33N3O6. The summed E-state index contributed by atoms with van der Waals surface area (Å²) in [5.74, 6) is 0.998. The molecule has 0 bridgehead atoms. The molecule has 9 heteroatoms. The first kappa shape index (κ1) is 27.6. The van der Waals surface area contributed by atoms with E-state index in [2.05, 4.69) is 63.0 Å². The van der Waals surface area contributed by atoms with Gasteiger partial charge in [-0.3, -0.25) is 14.5 Å². The minimum atomic E-state index is -0.250. The van der Waals surface area contributed by atoms with Gasteiger partial charge in [0.25, 0.3) is 12.9 Å². The largest absolute Gasteiger partial charge is 0.493 e. The Hall–Kier alpha value is -3.69. The van der Waals surface area contributed by atoms with E-state index in [0.717, 1.165) is 58.0 Å². The first-order valence-electron chi connectivity index (χ1n) is 11.4. The van der Waals surface area contributed by atoms with E-state index in [1.807, 2.05) is 24.8 Å². The van der Waals surface area contributed by atoms with Crippen LogP contribution in [0.1, 0.15) is 30.1 Å². The topological polar surface area (TPSA) is 114 Å². The lowest BCUT2D eigenvalue weighted by Crippen LogP contribution is -2.37. The van der Waals surface area contributed by atoms with Crippen LogP contribution in [0.25, 0.3) is 0 Å². The van der Waals surface area contributed by atoms with Crippen LogP contribution in [0.15, 0.2) is 73.3 Å². The zero-order valence-corrected chi connectivity index (χ0v) is 19.7. The lowest BCUT2D eigenvalue weighted by molar-refractivity contribution is -0.123. The molecule has 1 saturated heterocycles. The second-order valence-corrected chi connectivity index (χ2v) is 7.68. The maximum atomic E-state index is 8.36. The van der Waals surface area contributed by atoms with Gasteiger partial charge in [0.1, 0.15) is 5.75 Å². The van der Waals surface area contributed by atoms with Gasteiger partial charge in [-0.05, 0) is 24.5 Å². The van der Waals surface area contributed by atoms with E-state index in [4.69, 9.17) is 29.3 Å². The Balaban J connectivity index is 0.000000655. The van der Waals surface area contributed by atoms with Crippen molar-refractivity contribution in [2.45, 2.75) is 32.0 Å². The Bertz CT molecular complexity index is 947. The summed E-state index contributed by atoms with van der Waals surface area (Å²) >= 11 is 0. The Morgan fingerprint density at radius 1 is 1.03 bits per heavy atom. The number of rotatable bonds is 9. The Morgan fingerprint density at radius 3 is 2.46 bits per heavy atom. The summed E-state index contributed by atoms with van der Waals surface area (Å²) in [7, 11) is 0. The molecule has 2 heterocycles. The molecule has 0 spiro atoms. The number of morpholine rings is 1. The monoisotopic (exact) mass is 483 g/mol. The number of para-hydroxylation sites is 1. The van der Waals surface area contributed by atoms with E-state index in [1.165, 1.54) is 11.1 Å². The number of carbonyl (C=O) groups is 2. The van der Waals surface area contributed by atoms with Crippen LogP contribution < -0.4 is 4.74 Å². The van der Waals surface area contributed by atoms with Crippen LogP contribution in [0, 0.1) is 0 Å². The van der Waals surface area contributed by atoms with Gasteiger partial charge in [0.2, 0.25) is 0 Å². The molecule has 3 aromatic rings. The number of nitrogens with zero attached hydrogens (tertiary/aromatic N) is 3. The quantitative estimate of drug-likeness (QED) is 0.350. The van der Waals surface area contributed by atoms with Gasteiger partial charge in [0.15, 0.2) is 0 Å². The van der Waals surface area contributed by atoms with Crippen molar-refractivity contribution in [3.05, 3.63) is 84.4 Å². The van der Waals surface area contributed by atoms with E-state index < -0.39 is 0 Å². The van der Waals surface area contributed by atoms with E-state index in [1.54, 1.807) is 0 Å². The molecule has 0 amide bonds. The number of aromatic nitrogens is 2. The molecule has 188 valence electrons. The van der Waals surface area contributed by atoms with Gasteiger partial charge in [-0.15, -0.1) is 0 Å². The molecule has 1 aliphatic rings. The highest BCUT2D eigenvalue weighted by atomic mass is 16.5. The van der Waals surface area contributed by atoms with Crippen molar-refractivity contribution in [2.24, 2.45) is 0 Å². The summed E-state index contributed by atoms with van der Waals surface area (Å²) in [6.45, 7) is 4.72. The predicted molar refractivity (Wildman–Crippen MR) is 131 cm³/mol. The highest BCUT2D eigenvalue weighted by Gasteiger charge is 2.22. The fourth-order valence-electron chi connectivity index (χ4n) is 3.73. The summed E-state index contributed by atoms with van der Waals surface area (Å²) in [6, 6.07) is 18.9. The third-order valence-electron chi connectivity index (χ3n) is 5.32. The molecule has 2 N–H and O–H groups in total. The average molecular weight is 484 g/mol. The SMILES string of the molecule is O=CO.O=CO.c1ccc(C2CN(Cc3ccccc3OCCCCn3ccnc3)CCO2)cc1. The summed E-state index contributed by atoms with van der Waals surface area (Å²) in [5, 5.41) is 13.8. The molecular weight excluding hydrogens is 450 g/mol. The molecule has 2 aromatic carbocycles. The Morgan fingerprint density at radius 2 is 1.74 bits per heavy atom.